The number of nitrogens with one attached hydrogen (secondary N) is 1. The maximum absolute atomic E-state index is 14.0. The number of likely N-dealkylation sites (tertiary alicyclic amines) is 1. The molecule has 1 aliphatic heterocycles. The van der Waals surface area contributed by atoms with Crippen LogP contribution in [-0.2, 0) is 0 Å². The van der Waals surface area contributed by atoms with Gasteiger partial charge in [0.25, 0.3) is 5.91 Å². The molecule has 25 heavy (non-hydrogen) atoms. The molecule has 4 rings (SSSR count). The fourth-order valence-corrected chi connectivity index (χ4v) is 3.46. The van der Waals surface area contributed by atoms with Crippen molar-refractivity contribution < 1.29 is 9.18 Å². The van der Waals surface area contributed by atoms with Gasteiger partial charge in [-0.15, -0.1) is 0 Å². The van der Waals surface area contributed by atoms with Gasteiger partial charge in [0.1, 0.15) is 11.6 Å². The second-order valence-electron chi connectivity index (χ2n) is 6.24. The van der Waals surface area contributed by atoms with Gasteiger partial charge in [0.15, 0.2) is 0 Å². The van der Waals surface area contributed by atoms with Crippen LogP contribution in [-0.4, -0.2) is 33.9 Å². The van der Waals surface area contributed by atoms with E-state index in [0.717, 1.165) is 12.0 Å². The third-order valence-corrected chi connectivity index (χ3v) is 4.73. The molecule has 0 saturated carbocycles. The second-order valence-corrected chi connectivity index (χ2v) is 6.24. The van der Waals surface area contributed by atoms with E-state index in [-0.39, 0.29) is 17.6 Å². The van der Waals surface area contributed by atoms with Crippen LogP contribution in [0.3, 0.4) is 0 Å². The minimum atomic E-state index is -0.196. The van der Waals surface area contributed by atoms with Crippen molar-refractivity contribution in [2.45, 2.75) is 12.3 Å². The summed E-state index contributed by atoms with van der Waals surface area (Å²) in [6.07, 6.45) is 4.18. The Kier molecular flexibility index (Phi) is 4.06. The molecule has 5 heteroatoms. The monoisotopic (exact) mass is 335 g/mol. The Labute approximate surface area is 145 Å². The highest BCUT2D eigenvalue weighted by atomic mass is 19.1. The third-order valence-electron chi connectivity index (χ3n) is 4.73. The molecule has 1 saturated heterocycles. The Bertz CT molecular complexity index is 891. The lowest BCUT2D eigenvalue weighted by molar-refractivity contribution is 0.0791. The van der Waals surface area contributed by atoms with Gasteiger partial charge in [-0.05, 0) is 24.1 Å². The number of hydrogen-bond donors (Lipinski definition) is 1. The van der Waals surface area contributed by atoms with Crippen molar-refractivity contribution in [2.75, 3.05) is 13.1 Å². The molecule has 1 amide bonds. The van der Waals surface area contributed by atoms with Gasteiger partial charge >= 0.3 is 0 Å². The number of imidazole rings is 1. The first-order valence-corrected chi connectivity index (χ1v) is 8.36. The van der Waals surface area contributed by atoms with E-state index in [0.29, 0.717) is 30.0 Å². The van der Waals surface area contributed by atoms with Crippen molar-refractivity contribution in [1.82, 2.24) is 14.9 Å². The minimum Gasteiger partial charge on any atom is -0.345 e. The third kappa shape index (κ3) is 2.93. The first-order chi connectivity index (χ1) is 12.2. The number of carbonyl (C=O) groups is 1. The molecule has 0 radical (unpaired) electrons. The van der Waals surface area contributed by atoms with Gasteiger partial charge in [-0.3, -0.25) is 4.79 Å². The van der Waals surface area contributed by atoms with E-state index in [4.69, 9.17) is 0 Å². The topological polar surface area (TPSA) is 49.0 Å². The van der Waals surface area contributed by atoms with E-state index >= 15 is 0 Å². The summed E-state index contributed by atoms with van der Waals surface area (Å²) in [5.74, 6) is 0.485. The molecule has 1 aliphatic rings. The highest BCUT2D eigenvalue weighted by molar-refractivity contribution is 6.00. The molecule has 3 aromatic rings. The highest BCUT2D eigenvalue weighted by Crippen LogP contribution is 2.31. The Morgan fingerprint density at radius 2 is 1.96 bits per heavy atom. The zero-order valence-electron chi connectivity index (χ0n) is 13.7. The average molecular weight is 335 g/mol. The van der Waals surface area contributed by atoms with Crippen molar-refractivity contribution in [3.63, 3.8) is 0 Å². The number of aromatic nitrogens is 2. The Hall–Kier alpha value is -2.95. The average Bonchev–Trinajstić information content (AvgIpc) is 3.34. The zero-order chi connectivity index (χ0) is 17.2. The molecule has 4 nitrogen and oxygen atoms in total. The van der Waals surface area contributed by atoms with Gasteiger partial charge in [0, 0.05) is 37.0 Å². The Morgan fingerprint density at radius 1 is 1.16 bits per heavy atom. The minimum absolute atomic E-state index is 0.0363. The first-order valence-electron chi connectivity index (χ1n) is 8.36. The van der Waals surface area contributed by atoms with Gasteiger partial charge in [-0.2, -0.15) is 0 Å². The van der Waals surface area contributed by atoms with Gasteiger partial charge in [-0.25, -0.2) is 9.37 Å². The van der Waals surface area contributed by atoms with Crippen LogP contribution in [0.2, 0.25) is 0 Å². The van der Waals surface area contributed by atoms with E-state index in [1.807, 2.05) is 36.4 Å². The van der Waals surface area contributed by atoms with Gasteiger partial charge < -0.3 is 9.88 Å². The number of nitrogens with zero attached hydrogens (tertiary/aromatic N) is 2. The van der Waals surface area contributed by atoms with Crippen LogP contribution in [0.1, 0.15) is 28.3 Å². The number of aromatic amines is 1. The second kappa shape index (κ2) is 6.51. The standard InChI is InChI=1S/C20H18FN3O/c21-18-8-4-3-5-15(18)14-9-12-24(13-14)20(25)17-7-2-1-6-16(17)19-22-10-11-23-19/h1-8,10-11,14H,9,12-13H2,(H,22,23)/t14-/m1/s1. The predicted molar refractivity (Wildman–Crippen MR) is 93.7 cm³/mol. The number of hydrogen-bond acceptors (Lipinski definition) is 2. The maximum atomic E-state index is 14.0. The summed E-state index contributed by atoms with van der Waals surface area (Å²) in [5.41, 5.74) is 2.09. The van der Waals surface area contributed by atoms with Crippen LogP contribution < -0.4 is 0 Å². The zero-order valence-corrected chi connectivity index (χ0v) is 13.7. The lowest BCUT2D eigenvalue weighted by Gasteiger charge is -2.18. The number of benzene rings is 2. The normalized spacial score (nSPS) is 17.0. The van der Waals surface area contributed by atoms with Crippen LogP contribution in [0.25, 0.3) is 11.4 Å². The number of H-pyrrole nitrogens is 1. The summed E-state index contributed by atoms with van der Waals surface area (Å²) in [4.78, 5) is 22.1. The van der Waals surface area contributed by atoms with Crippen LogP contribution in [0.5, 0.6) is 0 Å². The van der Waals surface area contributed by atoms with E-state index in [2.05, 4.69) is 9.97 Å². The van der Waals surface area contributed by atoms with Crippen molar-refractivity contribution >= 4 is 5.91 Å². The quantitative estimate of drug-likeness (QED) is 0.790. The lowest BCUT2D eigenvalue weighted by atomic mass is 9.98. The largest absolute Gasteiger partial charge is 0.345 e. The van der Waals surface area contributed by atoms with Crippen LogP contribution in [0.4, 0.5) is 4.39 Å². The number of halogens is 1. The molecule has 0 aliphatic carbocycles. The SMILES string of the molecule is O=C(c1ccccc1-c1ncc[nH]1)N1CC[C@@H](c2ccccc2F)C1. The Morgan fingerprint density at radius 3 is 2.76 bits per heavy atom. The van der Waals surface area contributed by atoms with E-state index in [1.54, 1.807) is 23.4 Å². The number of rotatable bonds is 3. The number of amides is 1. The van der Waals surface area contributed by atoms with Gasteiger partial charge in [-0.1, -0.05) is 36.4 Å². The molecule has 1 fully saturated rings. The van der Waals surface area contributed by atoms with Gasteiger partial charge in [0.05, 0.1) is 5.56 Å². The molecule has 1 atom stereocenters. The highest BCUT2D eigenvalue weighted by Gasteiger charge is 2.30. The van der Waals surface area contributed by atoms with Crippen LogP contribution in [0.15, 0.2) is 60.9 Å². The molecule has 0 spiro atoms. The van der Waals surface area contributed by atoms with Crippen LogP contribution >= 0.6 is 0 Å². The molecule has 0 bridgehead atoms. The fourth-order valence-electron chi connectivity index (χ4n) is 3.46. The molecule has 2 aromatic carbocycles. The molecule has 0 unspecified atom stereocenters. The lowest BCUT2D eigenvalue weighted by Crippen LogP contribution is -2.29. The van der Waals surface area contributed by atoms with Crippen molar-refractivity contribution in [2.24, 2.45) is 0 Å². The van der Waals surface area contributed by atoms with Crippen molar-refractivity contribution in [3.05, 3.63) is 77.9 Å². The van der Waals surface area contributed by atoms with E-state index in [9.17, 15) is 9.18 Å². The summed E-state index contributed by atoms with van der Waals surface area (Å²) < 4.78 is 14.0. The summed E-state index contributed by atoms with van der Waals surface area (Å²) >= 11 is 0. The van der Waals surface area contributed by atoms with E-state index < -0.39 is 0 Å². The smallest absolute Gasteiger partial charge is 0.254 e. The summed E-state index contributed by atoms with van der Waals surface area (Å²) in [6, 6.07) is 14.3. The maximum Gasteiger partial charge on any atom is 0.254 e. The Balaban J connectivity index is 1.58. The summed E-state index contributed by atoms with van der Waals surface area (Å²) in [7, 11) is 0. The van der Waals surface area contributed by atoms with Crippen molar-refractivity contribution in [3.8, 4) is 11.4 Å². The van der Waals surface area contributed by atoms with Crippen LogP contribution in [0, 0.1) is 5.82 Å². The summed E-state index contributed by atoms with van der Waals surface area (Å²) in [6.45, 7) is 1.16. The van der Waals surface area contributed by atoms with Gasteiger partial charge in [0.2, 0.25) is 0 Å². The summed E-state index contributed by atoms with van der Waals surface area (Å²) in [5, 5.41) is 0. The molecular formula is C20H18FN3O. The first kappa shape index (κ1) is 15.6. The fraction of sp³-hybridized carbons (Fsp3) is 0.200. The molecule has 126 valence electrons. The molecule has 2 heterocycles. The van der Waals surface area contributed by atoms with E-state index in [1.165, 1.54) is 6.07 Å². The molecular weight excluding hydrogens is 317 g/mol. The molecule has 1 N–H and O–H groups in total. The molecule has 1 aromatic heterocycles. The van der Waals surface area contributed by atoms with Crippen molar-refractivity contribution in [1.29, 1.82) is 0 Å². The number of carbonyl (C=O) groups excluding carboxylic acids is 1. The predicted octanol–water partition coefficient (Wildman–Crippen LogP) is 3.85.